The summed E-state index contributed by atoms with van der Waals surface area (Å²) < 4.78 is 11.9. The first-order valence-electron chi connectivity index (χ1n) is 19.8. The Kier molecular flexibility index (Phi) is 7.90. The fraction of sp³-hybridized carbons (Fsp3) is 0. The molecule has 3 heterocycles. The van der Waals surface area contributed by atoms with Crippen molar-refractivity contribution >= 4 is 119 Å². The van der Waals surface area contributed by atoms with E-state index in [1.54, 1.807) is 0 Å². The van der Waals surface area contributed by atoms with Crippen LogP contribution in [-0.2, 0) is 0 Å². The van der Waals surface area contributed by atoms with Crippen molar-refractivity contribution in [3.05, 3.63) is 206 Å². The lowest BCUT2D eigenvalue weighted by molar-refractivity contribution is 0.669. The van der Waals surface area contributed by atoms with Crippen molar-refractivity contribution in [3.63, 3.8) is 0 Å². The normalized spacial score (nSPS) is 11.7. The number of rotatable bonds is 7. The Morgan fingerprint density at radius 3 is 1.66 bits per heavy atom. The topological polar surface area (TPSA) is 19.6 Å². The van der Waals surface area contributed by atoms with Crippen molar-refractivity contribution in [2.75, 3.05) is 9.80 Å². The van der Waals surface area contributed by atoms with Gasteiger partial charge in [-0.2, -0.15) is 0 Å². The summed E-state index contributed by atoms with van der Waals surface area (Å²) in [7, 11) is 0. The predicted molar refractivity (Wildman–Crippen MR) is 254 cm³/mol. The number of hydrogen-bond donors (Lipinski definition) is 0. The Bertz CT molecular complexity index is 3510. The number of anilines is 6. The summed E-state index contributed by atoms with van der Waals surface area (Å²) in [6, 6.07) is 74.3. The van der Waals surface area contributed by atoms with Gasteiger partial charge in [-0.25, -0.2) is 0 Å². The summed E-state index contributed by atoms with van der Waals surface area (Å²) in [5, 5.41) is 7.28. The average Bonchev–Trinajstić information content (AvgIpc) is 3.99. The van der Waals surface area contributed by atoms with Crippen LogP contribution in [-0.4, -0.2) is 0 Å². The lowest BCUT2D eigenvalue weighted by Gasteiger charge is -2.26. The van der Waals surface area contributed by atoms with Crippen molar-refractivity contribution in [1.82, 2.24) is 0 Å². The molecule has 0 amide bonds. The summed E-state index contributed by atoms with van der Waals surface area (Å²) in [4.78, 5) is 4.73. The maximum absolute atomic E-state index is 6.73. The summed E-state index contributed by atoms with van der Waals surface area (Å²) in [6.45, 7) is 0. The molecule has 0 aliphatic carbocycles. The van der Waals surface area contributed by atoms with E-state index in [0.717, 1.165) is 56.1 Å². The molecule has 0 unspecified atom stereocenters. The molecule has 0 radical (unpaired) electrons. The van der Waals surface area contributed by atoms with Crippen LogP contribution in [0.2, 0.25) is 0 Å². The Hall–Kier alpha value is -7.18. The molecule has 278 valence electrons. The monoisotopic (exact) mass is 790 g/mol. The molecule has 59 heavy (non-hydrogen) atoms. The van der Waals surface area contributed by atoms with Gasteiger partial charge in [-0.05, 0) is 102 Å². The Morgan fingerprint density at radius 2 is 0.864 bits per heavy atom. The van der Waals surface area contributed by atoms with E-state index in [9.17, 15) is 0 Å². The van der Waals surface area contributed by atoms with Gasteiger partial charge in [0.1, 0.15) is 11.2 Å². The number of fused-ring (bicyclic) bond motifs is 9. The molecule has 0 aliphatic rings. The molecule has 0 bridgehead atoms. The third-order valence-electron chi connectivity index (χ3n) is 11.4. The highest BCUT2D eigenvalue weighted by atomic mass is 32.1. The molecule has 3 aromatic heterocycles. The number of benzene rings is 9. The zero-order valence-corrected chi connectivity index (χ0v) is 33.4. The molecule has 12 rings (SSSR count). The van der Waals surface area contributed by atoms with Crippen LogP contribution in [0.4, 0.5) is 34.1 Å². The first-order valence-corrected chi connectivity index (χ1v) is 21.5. The van der Waals surface area contributed by atoms with Crippen LogP contribution in [0.15, 0.2) is 211 Å². The third-order valence-corrected chi connectivity index (χ3v) is 13.8. The first-order chi connectivity index (χ1) is 29.2. The molecule has 0 atom stereocenters. The zero-order valence-electron chi connectivity index (χ0n) is 31.7. The van der Waals surface area contributed by atoms with Gasteiger partial charge in [0.05, 0.1) is 10.4 Å². The van der Waals surface area contributed by atoms with E-state index in [1.165, 1.54) is 51.5 Å². The van der Waals surface area contributed by atoms with Crippen LogP contribution >= 0.6 is 22.7 Å². The smallest absolute Gasteiger partial charge is 0.137 e. The van der Waals surface area contributed by atoms with Gasteiger partial charge in [-0.1, -0.05) is 109 Å². The molecule has 0 spiro atoms. The second kappa shape index (κ2) is 13.7. The van der Waals surface area contributed by atoms with Gasteiger partial charge in [0.25, 0.3) is 0 Å². The molecule has 0 fully saturated rings. The van der Waals surface area contributed by atoms with Gasteiger partial charge < -0.3 is 14.2 Å². The van der Waals surface area contributed by atoms with Crippen molar-refractivity contribution < 1.29 is 4.42 Å². The van der Waals surface area contributed by atoms with Crippen LogP contribution < -0.4 is 9.80 Å². The van der Waals surface area contributed by atoms with E-state index in [1.807, 2.05) is 22.7 Å². The minimum Gasteiger partial charge on any atom is -0.456 e. The van der Waals surface area contributed by atoms with Crippen LogP contribution in [0, 0.1) is 0 Å². The molecule has 0 saturated carbocycles. The molecule has 0 aliphatic heterocycles. The first kappa shape index (κ1) is 33.9. The van der Waals surface area contributed by atoms with Gasteiger partial charge in [-0.15, -0.1) is 22.7 Å². The maximum atomic E-state index is 6.73. The van der Waals surface area contributed by atoms with Crippen LogP contribution in [0.3, 0.4) is 0 Å². The maximum Gasteiger partial charge on any atom is 0.137 e. The standard InChI is InChI=1S/C54H34N2OS2/c1-3-12-35(13-4-1)36-22-24-38(25-23-36)56(48-19-11-18-45-43-16-7-10-21-52(43)59-54(45)48)41-26-29-42-46-32-39(27-30-49(46)57-50(42)34-41)55(37-14-5-2-6-15-37)40-28-31-53-47(33-40)44-17-8-9-20-51(44)58-53/h1-34H. The second-order valence-electron chi connectivity index (χ2n) is 14.9. The van der Waals surface area contributed by atoms with Crippen molar-refractivity contribution in [2.45, 2.75) is 0 Å². The Balaban J connectivity index is 1.00. The van der Waals surface area contributed by atoms with Crippen LogP contribution in [0.25, 0.3) is 73.4 Å². The third kappa shape index (κ3) is 5.70. The van der Waals surface area contributed by atoms with Crippen LogP contribution in [0.1, 0.15) is 0 Å². The Labute approximate surface area is 348 Å². The molecular weight excluding hydrogens is 757 g/mol. The van der Waals surface area contributed by atoms with E-state index >= 15 is 0 Å². The fourth-order valence-electron chi connectivity index (χ4n) is 8.68. The minimum absolute atomic E-state index is 0.849. The summed E-state index contributed by atoms with van der Waals surface area (Å²) in [5.74, 6) is 0. The highest BCUT2D eigenvalue weighted by molar-refractivity contribution is 7.26. The van der Waals surface area contributed by atoms with E-state index in [4.69, 9.17) is 4.42 Å². The molecule has 9 aromatic carbocycles. The SMILES string of the molecule is c1ccc(-c2ccc(N(c3ccc4c(c3)oc3ccc(N(c5ccccc5)c5ccc6sc7ccccc7c6c5)cc34)c3cccc4c3sc3ccccc34)cc2)cc1. The summed E-state index contributed by atoms with van der Waals surface area (Å²) >= 11 is 3.69. The van der Waals surface area contributed by atoms with Gasteiger partial charge in [0.15, 0.2) is 0 Å². The molecular formula is C54H34N2OS2. The Morgan fingerprint density at radius 1 is 0.305 bits per heavy atom. The predicted octanol–water partition coefficient (Wildman–Crippen LogP) is 16.9. The number of furan rings is 1. The van der Waals surface area contributed by atoms with Gasteiger partial charge in [0, 0.05) is 80.9 Å². The van der Waals surface area contributed by atoms with Crippen molar-refractivity contribution in [3.8, 4) is 11.1 Å². The highest BCUT2D eigenvalue weighted by Crippen LogP contribution is 2.47. The number of thiophene rings is 2. The van der Waals surface area contributed by atoms with Gasteiger partial charge in [0.2, 0.25) is 0 Å². The largest absolute Gasteiger partial charge is 0.456 e. The molecule has 3 nitrogen and oxygen atoms in total. The zero-order chi connectivity index (χ0) is 38.9. The van der Waals surface area contributed by atoms with Gasteiger partial charge >= 0.3 is 0 Å². The lowest BCUT2D eigenvalue weighted by atomic mass is 10.0. The lowest BCUT2D eigenvalue weighted by Crippen LogP contribution is -2.10. The van der Waals surface area contributed by atoms with Gasteiger partial charge in [-0.3, -0.25) is 0 Å². The van der Waals surface area contributed by atoms with E-state index in [0.29, 0.717) is 0 Å². The number of hydrogen-bond acceptors (Lipinski definition) is 5. The fourth-order valence-corrected chi connectivity index (χ4v) is 11.0. The molecule has 0 saturated heterocycles. The van der Waals surface area contributed by atoms with E-state index < -0.39 is 0 Å². The summed E-state index contributed by atoms with van der Waals surface area (Å²) in [6.07, 6.45) is 0. The number of para-hydroxylation sites is 1. The minimum atomic E-state index is 0.849. The highest BCUT2D eigenvalue weighted by Gasteiger charge is 2.21. The van der Waals surface area contributed by atoms with Crippen molar-refractivity contribution in [2.24, 2.45) is 0 Å². The van der Waals surface area contributed by atoms with E-state index in [2.05, 4.69) is 216 Å². The second-order valence-corrected chi connectivity index (χ2v) is 17.0. The molecule has 12 aromatic rings. The summed E-state index contributed by atoms with van der Waals surface area (Å²) in [5.41, 5.74) is 10.7. The number of nitrogens with zero attached hydrogens (tertiary/aromatic N) is 2. The van der Waals surface area contributed by atoms with Crippen molar-refractivity contribution in [1.29, 1.82) is 0 Å². The van der Waals surface area contributed by atoms with E-state index in [-0.39, 0.29) is 0 Å². The molecule has 0 N–H and O–H groups in total. The quantitative estimate of drug-likeness (QED) is 0.160. The van der Waals surface area contributed by atoms with Crippen LogP contribution in [0.5, 0.6) is 0 Å². The average molecular weight is 791 g/mol. The molecule has 5 heteroatoms.